The molecule has 0 fully saturated rings. The maximum atomic E-state index is 12.4. The van der Waals surface area contributed by atoms with Crippen molar-refractivity contribution in [3.63, 3.8) is 0 Å². The van der Waals surface area contributed by atoms with Gasteiger partial charge in [-0.2, -0.15) is 0 Å². The summed E-state index contributed by atoms with van der Waals surface area (Å²) in [5.74, 6) is -0.00791. The first-order valence-corrected chi connectivity index (χ1v) is 15.2. The van der Waals surface area contributed by atoms with Crippen LogP contribution in [-0.2, 0) is 7.87 Å². The van der Waals surface area contributed by atoms with E-state index in [-0.39, 0.29) is 5.97 Å². The number of benzene rings is 2. The number of hydrogen-bond donors (Lipinski definition) is 0. The molecular formula is C24H34O2Sn. The van der Waals surface area contributed by atoms with Crippen LogP contribution in [0.25, 0.3) is 0 Å². The molecule has 0 unspecified atom stereocenters. The monoisotopic (exact) mass is 474 g/mol. The Morgan fingerprint density at radius 1 is 0.704 bits per heavy atom. The topological polar surface area (TPSA) is 26.3 Å². The zero-order chi connectivity index (χ0) is 19.2. The SMILES string of the molecule is CCCCCCCCCCCC(=O)[O][SnH]([c]1ccccc1)[c]1ccccc1. The van der Waals surface area contributed by atoms with Crippen molar-refractivity contribution in [3.05, 3.63) is 60.7 Å². The molecule has 0 aliphatic carbocycles. The zero-order valence-electron chi connectivity index (χ0n) is 16.7. The Bertz CT molecular complexity index is 588. The van der Waals surface area contributed by atoms with E-state index in [1.165, 1.54) is 52.1 Å². The van der Waals surface area contributed by atoms with Gasteiger partial charge >= 0.3 is 166 Å². The van der Waals surface area contributed by atoms with Gasteiger partial charge in [-0.3, -0.25) is 0 Å². The Morgan fingerprint density at radius 2 is 1.15 bits per heavy atom. The van der Waals surface area contributed by atoms with Crippen molar-refractivity contribution in [1.29, 1.82) is 0 Å². The Morgan fingerprint density at radius 3 is 1.63 bits per heavy atom. The molecule has 3 heteroatoms. The zero-order valence-corrected chi connectivity index (χ0v) is 20.0. The molecule has 0 saturated heterocycles. The van der Waals surface area contributed by atoms with E-state index < -0.39 is 20.2 Å². The summed E-state index contributed by atoms with van der Waals surface area (Å²) in [7, 11) is 0. The van der Waals surface area contributed by atoms with Gasteiger partial charge in [-0.05, 0) is 0 Å². The van der Waals surface area contributed by atoms with Gasteiger partial charge < -0.3 is 0 Å². The molecule has 0 amide bonds. The summed E-state index contributed by atoms with van der Waals surface area (Å²) in [4.78, 5) is 12.4. The molecule has 0 aliphatic heterocycles. The quantitative estimate of drug-likeness (QED) is 0.303. The summed E-state index contributed by atoms with van der Waals surface area (Å²) >= 11 is -2.77. The number of carbonyl (C=O) groups excluding carboxylic acids is 1. The molecule has 0 aliphatic rings. The second-order valence-electron chi connectivity index (χ2n) is 7.27. The van der Waals surface area contributed by atoms with Gasteiger partial charge in [-0.1, -0.05) is 6.92 Å². The Balaban J connectivity index is 1.73. The van der Waals surface area contributed by atoms with Gasteiger partial charge in [0.2, 0.25) is 0 Å². The van der Waals surface area contributed by atoms with Crippen LogP contribution < -0.4 is 7.16 Å². The molecule has 0 saturated carbocycles. The third kappa shape index (κ3) is 8.96. The van der Waals surface area contributed by atoms with Crippen LogP contribution in [0.2, 0.25) is 0 Å². The van der Waals surface area contributed by atoms with Gasteiger partial charge in [0, 0.05) is 0 Å². The molecule has 0 heterocycles. The maximum absolute atomic E-state index is 12.4. The van der Waals surface area contributed by atoms with E-state index >= 15 is 0 Å². The summed E-state index contributed by atoms with van der Waals surface area (Å²) in [6, 6.07) is 20.6. The fourth-order valence-electron chi connectivity index (χ4n) is 3.35. The normalized spacial score (nSPS) is 10.9. The van der Waals surface area contributed by atoms with Crippen LogP contribution in [-0.4, -0.2) is 26.1 Å². The number of carbonyl (C=O) groups is 1. The summed E-state index contributed by atoms with van der Waals surface area (Å²) in [6.07, 6.45) is 11.9. The average molecular weight is 473 g/mol. The van der Waals surface area contributed by atoms with E-state index in [1.807, 2.05) is 36.4 Å². The second kappa shape index (κ2) is 13.8. The van der Waals surface area contributed by atoms with Crippen LogP contribution >= 0.6 is 0 Å². The minimum atomic E-state index is -2.77. The van der Waals surface area contributed by atoms with Crippen LogP contribution in [0.5, 0.6) is 0 Å². The average Bonchev–Trinajstić information content (AvgIpc) is 2.72. The fourth-order valence-corrected chi connectivity index (χ4v) is 9.58. The summed E-state index contributed by atoms with van der Waals surface area (Å²) in [5.41, 5.74) is 0. The van der Waals surface area contributed by atoms with E-state index in [4.69, 9.17) is 3.07 Å². The van der Waals surface area contributed by atoms with Crippen molar-refractivity contribution in [3.8, 4) is 0 Å². The summed E-state index contributed by atoms with van der Waals surface area (Å²) in [5, 5.41) is 0. The van der Waals surface area contributed by atoms with E-state index in [2.05, 4.69) is 31.2 Å². The predicted molar refractivity (Wildman–Crippen MR) is 117 cm³/mol. The van der Waals surface area contributed by atoms with Gasteiger partial charge in [0.05, 0.1) is 0 Å². The number of hydrogen-bond acceptors (Lipinski definition) is 2. The van der Waals surface area contributed by atoms with Crippen LogP contribution in [0.15, 0.2) is 60.7 Å². The summed E-state index contributed by atoms with van der Waals surface area (Å²) in [6.45, 7) is 2.25. The van der Waals surface area contributed by atoms with Gasteiger partial charge in [0.15, 0.2) is 0 Å². The Kier molecular flexibility index (Phi) is 11.3. The van der Waals surface area contributed by atoms with Crippen molar-refractivity contribution in [1.82, 2.24) is 0 Å². The molecule has 2 rings (SSSR count). The number of rotatable bonds is 13. The first-order chi connectivity index (χ1) is 13.3. The van der Waals surface area contributed by atoms with E-state index in [0.29, 0.717) is 6.42 Å². The second-order valence-corrected chi connectivity index (χ2v) is 13.9. The number of unbranched alkanes of at least 4 members (excludes halogenated alkanes) is 8. The third-order valence-electron chi connectivity index (χ3n) is 4.94. The molecule has 2 aromatic rings. The van der Waals surface area contributed by atoms with Crippen LogP contribution in [0.3, 0.4) is 0 Å². The Hall–Kier alpha value is -1.29. The molecule has 0 N–H and O–H groups in total. The van der Waals surface area contributed by atoms with Crippen LogP contribution in [0, 0.1) is 0 Å². The van der Waals surface area contributed by atoms with Crippen molar-refractivity contribution in [2.75, 3.05) is 0 Å². The molecule has 0 spiro atoms. The molecular weight excluding hydrogens is 439 g/mol. The first kappa shape index (κ1) is 22.0. The van der Waals surface area contributed by atoms with Gasteiger partial charge in [0.25, 0.3) is 0 Å². The van der Waals surface area contributed by atoms with Crippen molar-refractivity contribution in [2.45, 2.75) is 71.1 Å². The van der Waals surface area contributed by atoms with E-state index in [0.717, 1.165) is 12.8 Å². The van der Waals surface area contributed by atoms with Crippen LogP contribution in [0.1, 0.15) is 71.1 Å². The molecule has 0 radical (unpaired) electrons. The molecule has 27 heavy (non-hydrogen) atoms. The first-order valence-electron chi connectivity index (χ1n) is 10.6. The van der Waals surface area contributed by atoms with E-state index in [9.17, 15) is 4.79 Å². The van der Waals surface area contributed by atoms with Crippen LogP contribution in [0.4, 0.5) is 0 Å². The molecule has 0 aromatic heterocycles. The van der Waals surface area contributed by atoms with Crippen molar-refractivity contribution >= 4 is 33.3 Å². The minimum absolute atomic E-state index is 0.00791. The Labute approximate surface area is 172 Å². The van der Waals surface area contributed by atoms with Crippen molar-refractivity contribution in [2.24, 2.45) is 0 Å². The van der Waals surface area contributed by atoms with Gasteiger partial charge in [0.1, 0.15) is 0 Å². The molecule has 2 nitrogen and oxygen atoms in total. The molecule has 0 atom stereocenters. The molecule has 2 aromatic carbocycles. The predicted octanol–water partition coefficient (Wildman–Crippen LogP) is 4.99. The fraction of sp³-hybridized carbons (Fsp3) is 0.458. The van der Waals surface area contributed by atoms with Gasteiger partial charge in [-0.15, -0.1) is 0 Å². The van der Waals surface area contributed by atoms with E-state index in [1.54, 1.807) is 0 Å². The third-order valence-corrected chi connectivity index (χ3v) is 12.0. The summed E-state index contributed by atoms with van der Waals surface area (Å²) < 4.78 is 8.52. The van der Waals surface area contributed by atoms with Gasteiger partial charge in [-0.25, -0.2) is 0 Å². The standard InChI is InChI=1S/C12H24O2.2C6H5.Sn.H/c1-2-3-4-5-6-7-8-9-10-11-12(13)14;2*1-2-4-6-5-3-1;;/h2-11H2,1H3,(H,13,14);2*1-5H;;/q;;;+1;/p-1. The molecule has 146 valence electrons. The van der Waals surface area contributed by atoms with Crippen molar-refractivity contribution < 1.29 is 7.87 Å². The molecule has 0 bridgehead atoms.